The summed E-state index contributed by atoms with van der Waals surface area (Å²) >= 11 is 2.18. The van der Waals surface area contributed by atoms with Crippen molar-refractivity contribution < 1.29 is 9.47 Å². The lowest BCUT2D eigenvalue weighted by molar-refractivity contribution is 0.134. The molecule has 192 valence electrons. The standard InChI is InChI=1S/C30H54O2S/c1-27(29-21-17-23-31-29)19-13-9-5-3-7-11-15-25-33-26-16-12-8-4-6-10-14-20-28(2)30-22-18-24-32-30/h29-30H,1-26H2. The predicted octanol–water partition coefficient (Wildman–Crippen LogP) is 9.43. The molecule has 2 atom stereocenters. The van der Waals surface area contributed by atoms with E-state index in [9.17, 15) is 0 Å². The molecule has 2 aliphatic rings. The van der Waals surface area contributed by atoms with Gasteiger partial charge < -0.3 is 9.47 Å². The Kier molecular flexibility index (Phi) is 17.6. The van der Waals surface area contributed by atoms with Crippen LogP contribution in [0.3, 0.4) is 0 Å². The average Bonchev–Trinajstić information content (AvgIpc) is 3.55. The van der Waals surface area contributed by atoms with Crippen molar-refractivity contribution in [1.29, 1.82) is 0 Å². The molecule has 0 saturated carbocycles. The molecule has 0 radical (unpaired) electrons. The quantitative estimate of drug-likeness (QED) is 0.114. The molecule has 3 heteroatoms. The predicted molar refractivity (Wildman–Crippen MR) is 147 cm³/mol. The van der Waals surface area contributed by atoms with Crippen LogP contribution in [-0.2, 0) is 9.47 Å². The molecule has 0 N–H and O–H groups in total. The molecule has 2 fully saturated rings. The van der Waals surface area contributed by atoms with E-state index in [0.717, 1.165) is 13.2 Å². The summed E-state index contributed by atoms with van der Waals surface area (Å²) in [6, 6.07) is 0. The van der Waals surface area contributed by atoms with Crippen LogP contribution in [0.15, 0.2) is 24.3 Å². The van der Waals surface area contributed by atoms with Gasteiger partial charge in [-0.1, -0.05) is 77.4 Å². The van der Waals surface area contributed by atoms with Crippen LogP contribution in [0.2, 0.25) is 0 Å². The molecule has 0 spiro atoms. The van der Waals surface area contributed by atoms with Crippen LogP contribution < -0.4 is 0 Å². The minimum absolute atomic E-state index is 0.376. The van der Waals surface area contributed by atoms with Crippen LogP contribution in [-0.4, -0.2) is 36.9 Å². The smallest absolute Gasteiger partial charge is 0.0783 e. The second kappa shape index (κ2) is 20.0. The monoisotopic (exact) mass is 478 g/mol. The molecular formula is C30H54O2S. The lowest BCUT2D eigenvalue weighted by Gasteiger charge is -2.12. The molecule has 2 aliphatic heterocycles. The van der Waals surface area contributed by atoms with Gasteiger partial charge >= 0.3 is 0 Å². The van der Waals surface area contributed by atoms with Crippen molar-refractivity contribution in [3.63, 3.8) is 0 Å². The molecule has 2 nitrogen and oxygen atoms in total. The van der Waals surface area contributed by atoms with Gasteiger partial charge in [-0.2, -0.15) is 11.8 Å². The number of rotatable bonds is 22. The topological polar surface area (TPSA) is 18.5 Å². The fourth-order valence-electron chi connectivity index (χ4n) is 5.10. The highest BCUT2D eigenvalue weighted by Crippen LogP contribution is 2.24. The molecule has 2 heterocycles. The average molecular weight is 479 g/mol. The highest BCUT2D eigenvalue weighted by Gasteiger charge is 2.18. The van der Waals surface area contributed by atoms with Gasteiger partial charge in [0.05, 0.1) is 12.2 Å². The third-order valence-electron chi connectivity index (χ3n) is 7.34. The van der Waals surface area contributed by atoms with Gasteiger partial charge in [0.25, 0.3) is 0 Å². The van der Waals surface area contributed by atoms with Crippen molar-refractivity contribution in [2.75, 3.05) is 24.7 Å². The van der Waals surface area contributed by atoms with E-state index in [2.05, 4.69) is 24.9 Å². The highest BCUT2D eigenvalue weighted by atomic mass is 32.2. The number of ether oxygens (including phenoxy) is 2. The molecule has 0 aromatic carbocycles. The lowest BCUT2D eigenvalue weighted by atomic mass is 10.0. The van der Waals surface area contributed by atoms with E-state index >= 15 is 0 Å². The summed E-state index contributed by atoms with van der Waals surface area (Å²) in [6.07, 6.45) is 27.4. The SMILES string of the molecule is C=C(CCCCCCCCCSCCCCCCCCCC(=C)C1CCCO1)C1CCCO1. The fraction of sp³-hybridized carbons (Fsp3) is 0.867. The van der Waals surface area contributed by atoms with Gasteiger partial charge in [0.2, 0.25) is 0 Å². The van der Waals surface area contributed by atoms with E-state index in [4.69, 9.17) is 9.47 Å². The summed E-state index contributed by atoms with van der Waals surface area (Å²) < 4.78 is 11.4. The van der Waals surface area contributed by atoms with Crippen LogP contribution >= 0.6 is 11.8 Å². The Bertz CT molecular complexity index is 448. The van der Waals surface area contributed by atoms with Gasteiger partial charge in [-0.15, -0.1) is 0 Å². The Morgan fingerprint density at radius 3 is 1.27 bits per heavy atom. The minimum Gasteiger partial charge on any atom is -0.374 e. The summed E-state index contributed by atoms with van der Waals surface area (Å²) in [6.45, 7) is 10.3. The maximum absolute atomic E-state index is 5.72. The second-order valence-electron chi connectivity index (χ2n) is 10.4. The van der Waals surface area contributed by atoms with E-state index in [1.807, 2.05) is 0 Å². The third-order valence-corrected chi connectivity index (χ3v) is 8.50. The first-order chi connectivity index (χ1) is 16.3. The van der Waals surface area contributed by atoms with Crippen molar-refractivity contribution in [2.24, 2.45) is 0 Å². The molecule has 0 aromatic rings. The zero-order chi connectivity index (χ0) is 23.4. The van der Waals surface area contributed by atoms with Crippen molar-refractivity contribution in [2.45, 2.75) is 141 Å². The van der Waals surface area contributed by atoms with E-state index in [1.165, 1.54) is 151 Å². The summed E-state index contributed by atoms with van der Waals surface area (Å²) in [5, 5.41) is 0. The van der Waals surface area contributed by atoms with E-state index < -0.39 is 0 Å². The molecule has 2 unspecified atom stereocenters. The van der Waals surface area contributed by atoms with E-state index in [-0.39, 0.29) is 0 Å². The first-order valence-electron chi connectivity index (χ1n) is 14.4. The van der Waals surface area contributed by atoms with Crippen molar-refractivity contribution >= 4 is 11.8 Å². The van der Waals surface area contributed by atoms with Crippen LogP contribution in [0.1, 0.15) is 128 Å². The number of hydrogen-bond acceptors (Lipinski definition) is 3. The van der Waals surface area contributed by atoms with Gasteiger partial charge in [-0.05, 0) is 86.9 Å². The van der Waals surface area contributed by atoms with Gasteiger partial charge in [-0.25, -0.2) is 0 Å². The molecule has 0 aromatic heterocycles. The van der Waals surface area contributed by atoms with Crippen LogP contribution in [0.4, 0.5) is 0 Å². The second-order valence-corrected chi connectivity index (χ2v) is 11.6. The largest absolute Gasteiger partial charge is 0.374 e. The normalized spacial score (nSPS) is 20.5. The molecule has 2 rings (SSSR count). The highest BCUT2D eigenvalue weighted by molar-refractivity contribution is 7.99. The number of unbranched alkanes of at least 4 members (excludes halogenated alkanes) is 12. The van der Waals surface area contributed by atoms with Crippen LogP contribution in [0.25, 0.3) is 0 Å². The van der Waals surface area contributed by atoms with Crippen molar-refractivity contribution in [3.8, 4) is 0 Å². The van der Waals surface area contributed by atoms with Gasteiger partial charge in [0.1, 0.15) is 0 Å². The number of thioether (sulfide) groups is 1. The Morgan fingerprint density at radius 1 is 0.545 bits per heavy atom. The first kappa shape index (κ1) is 29.0. The Balaban J connectivity index is 1.20. The molecule has 0 amide bonds. The third kappa shape index (κ3) is 14.7. The first-order valence-corrected chi connectivity index (χ1v) is 15.6. The maximum atomic E-state index is 5.72. The van der Waals surface area contributed by atoms with Crippen LogP contribution in [0.5, 0.6) is 0 Å². The molecule has 2 saturated heterocycles. The van der Waals surface area contributed by atoms with Gasteiger partial charge in [-0.3, -0.25) is 0 Å². The van der Waals surface area contributed by atoms with Gasteiger partial charge in [0, 0.05) is 13.2 Å². The van der Waals surface area contributed by atoms with Crippen molar-refractivity contribution in [3.05, 3.63) is 24.3 Å². The molecule has 33 heavy (non-hydrogen) atoms. The Hall–Kier alpha value is -0.250. The molecule has 0 bridgehead atoms. The summed E-state index contributed by atoms with van der Waals surface area (Å²) in [5.74, 6) is 2.74. The molecule has 0 aliphatic carbocycles. The van der Waals surface area contributed by atoms with Crippen molar-refractivity contribution in [1.82, 2.24) is 0 Å². The molecular weight excluding hydrogens is 424 g/mol. The van der Waals surface area contributed by atoms with Crippen LogP contribution in [0, 0.1) is 0 Å². The summed E-state index contributed by atoms with van der Waals surface area (Å²) in [7, 11) is 0. The lowest BCUT2D eigenvalue weighted by Crippen LogP contribution is -2.07. The summed E-state index contributed by atoms with van der Waals surface area (Å²) in [4.78, 5) is 0. The van der Waals surface area contributed by atoms with E-state index in [0.29, 0.717) is 12.2 Å². The number of hydrogen-bond donors (Lipinski definition) is 0. The van der Waals surface area contributed by atoms with E-state index in [1.54, 1.807) is 0 Å². The fourth-order valence-corrected chi connectivity index (χ4v) is 6.12. The minimum atomic E-state index is 0.376. The zero-order valence-electron chi connectivity index (χ0n) is 21.8. The Labute approximate surface area is 210 Å². The zero-order valence-corrected chi connectivity index (χ0v) is 22.6. The maximum Gasteiger partial charge on any atom is 0.0783 e. The summed E-state index contributed by atoms with van der Waals surface area (Å²) in [5.41, 5.74) is 2.69. The van der Waals surface area contributed by atoms with Gasteiger partial charge in [0.15, 0.2) is 0 Å². The Morgan fingerprint density at radius 2 is 0.909 bits per heavy atom.